The van der Waals surface area contributed by atoms with Crippen LogP contribution in [0.2, 0.25) is 0 Å². The van der Waals surface area contributed by atoms with Crippen LogP contribution in [-0.2, 0) is 17.9 Å². The third kappa shape index (κ3) is 4.05. The van der Waals surface area contributed by atoms with Gasteiger partial charge in [-0.05, 0) is 35.8 Å². The molecule has 1 N–H and O–H groups in total. The van der Waals surface area contributed by atoms with Gasteiger partial charge in [-0.3, -0.25) is 0 Å². The molecule has 0 heterocycles. The van der Waals surface area contributed by atoms with Crippen molar-refractivity contribution in [3.05, 3.63) is 35.4 Å². The Morgan fingerprint density at radius 1 is 1.21 bits per heavy atom. The molecule has 1 aliphatic carbocycles. The number of nitrogens with one attached hydrogen (secondary N) is 1. The van der Waals surface area contributed by atoms with Crippen molar-refractivity contribution in [3.63, 3.8) is 0 Å². The lowest BCUT2D eigenvalue weighted by Crippen LogP contribution is -2.31. The van der Waals surface area contributed by atoms with Crippen LogP contribution in [0.4, 0.5) is 0 Å². The number of benzene rings is 1. The zero-order valence-electron chi connectivity index (χ0n) is 12.4. The first kappa shape index (κ1) is 14.5. The summed E-state index contributed by atoms with van der Waals surface area (Å²) in [5, 5.41) is 3.66. The maximum Gasteiger partial charge on any atom is 0.0713 e. The lowest BCUT2D eigenvalue weighted by Gasteiger charge is -2.27. The standard InChI is InChI=1S/C17H27NO/c1-3-17(9-4-5-10-17)14-18-12-15-7-6-8-16(11-15)13-19-2/h6-8,11,18H,3-5,9-10,12-14H2,1-2H3. The summed E-state index contributed by atoms with van der Waals surface area (Å²) < 4.78 is 5.18. The molecule has 19 heavy (non-hydrogen) atoms. The molecule has 0 bridgehead atoms. The summed E-state index contributed by atoms with van der Waals surface area (Å²) in [7, 11) is 1.75. The van der Waals surface area contributed by atoms with E-state index in [2.05, 4.69) is 36.5 Å². The second-order valence-corrected chi connectivity index (χ2v) is 5.92. The van der Waals surface area contributed by atoms with Crippen LogP contribution in [0.15, 0.2) is 24.3 Å². The van der Waals surface area contributed by atoms with Crippen molar-refractivity contribution in [2.24, 2.45) is 5.41 Å². The Morgan fingerprint density at radius 2 is 1.95 bits per heavy atom. The molecule has 2 nitrogen and oxygen atoms in total. The fourth-order valence-electron chi connectivity index (χ4n) is 3.25. The van der Waals surface area contributed by atoms with E-state index in [1.807, 2.05) is 0 Å². The third-order valence-corrected chi connectivity index (χ3v) is 4.55. The molecule has 0 saturated heterocycles. The Hall–Kier alpha value is -0.860. The average molecular weight is 261 g/mol. The van der Waals surface area contributed by atoms with Gasteiger partial charge < -0.3 is 10.1 Å². The zero-order chi connectivity index (χ0) is 13.6. The van der Waals surface area contributed by atoms with E-state index in [1.165, 1.54) is 43.2 Å². The van der Waals surface area contributed by atoms with E-state index in [4.69, 9.17) is 4.74 Å². The van der Waals surface area contributed by atoms with Crippen molar-refractivity contribution in [1.29, 1.82) is 0 Å². The number of hydrogen-bond acceptors (Lipinski definition) is 2. The quantitative estimate of drug-likeness (QED) is 0.804. The zero-order valence-corrected chi connectivity index (χ0v) is 12.4. The van der Waals surface area contributed by atoms with Gasteiger partial charge in [-0.15, -0.1) is 0 Å². The van der Waals surface area contributed by atoms with Gasteiger partial charge in [0.05, 0.1) is 6.61 Å². The predicted molar refractivity (Wildman–Crippen MR) is 80.1 cm³/mol. The van der Waals surface area contributed by atoms with Gasteiger partial charge in [-0.2, -0.15) is 0 Å². The molecule has 0 radical (unpaired) electrons. The van der Waals surface area contributed by atoms with Crippen molar-refractivity contribution < 1.29 is 4.74 Å². The molecule has 0 aliphatic heterocycles. The monoisotopic (exact) mass is 261 g/mol. The van der Waals surface area contributed by atoms with E-state index < -0.39 is 0 Å². The van der Waals surface area contributed by atoms with Gasteiger partial charge in [0.2, 0.25) is 0 Å². The molecule has 1 fully saturated rings. The van der Waals surface area contributed by atoms with Crippen molar-refractivity contribution in [1.82, 2.24) is 5.32 Å². The summed E-state index contributed by atoms with van der Waals surface area (Å²) in [5.41, 5.74) is 3.19. The van der Waals surface area contributed by atoms with Crippen molar-refractivity contribution in [3.8, 4) is 0 Å². The highest BCUT2D eigenvalue weighted by Crippen LogP contribution is 2.40. The number of rotatable bonds is 7. The van der Waals surface area contributed by atoms with E-state index in [0.29, 0.717) is 12.0 Å². The highest BCUT2D eigenvalue weighted by molar-refractivity contribution is 5.22. The van der Waals surface area contributed by atoms with Gasteiger partial charge in [-0.25, -0.2) is 0 Å². The van der Waals surface area contributed by atoms with Crippen molar-refractivity contribution >= 4 is 0 Å². The Bertz CT molecular complexity index is 383. The van der Waals surface area contributed by atoms with E-state index in [1.54, 1.807) is 7.11 Å². The van der Waals surface area contributed by atoms with E-state index in [0.717, 1.165) is 13.1 Å². The molecular formula is C17H27NO. The van der Waals surface area contributed by atoms with Gasteiger partial charge in [0.1, 0.15) is 0 Å². The lowest BCUT2D eigenvalue weighted by atomic mass is 9.83. The Labute approximate surface area is 117 Å². The highest BCUT2D eigenvalue weighted by atomic mass is 16.5. The summed E-state index contributed by atoms with van der Waals surface area (Å²) in [6.07, 6.45) is 6.95. The molecule has 0 aromatic heterocycles. The molecule has 0 amide bonds. The molecule has 106 valence electrons. The topological polar surface area (TPSA) is 21.3 Å². The van der Waals surface area contributed by atoms with Gasteiger partial charge >= 0.3 is 0 Å². The first-order valence-corrected chi connectivity index (χ1v) is 7.55. The molecular weight excluding hydrogens is 234 g/mol. The fourth-order valence-corrected chi connectivity index (χ4v) is 3.25. The van der Waals surface area contributed by atoms with Gasteiger partial charge in [0, 0.05) is 20.2 Å². The van der Waals surface area contributed by atoms with Crippen LogP contribution in [0.3, 0.4) is 0 Å². The average Bonchev–Trinajstić information content (AvgIpc) is 2.89. The normalized spacial score (nSPS) is 17.8. The van der Waals surface area contributed by atoms with Gasteiger partial charge in [0.25, 0.3) is 0 Å². The summed E-state index contributed by atoms with van der Waals surface area (Å²) in [6, 6.07) is 8.68. The summed E-state index contributed by atoms with van der Waals surface area (Å²) in [6.45, 7) is 5.18. The van der Waals surface area contributed by atoms with Crippen LogP contribution in [-0.4, -0.2) is 13.7 Å². The Kier molecular flexibility index (Phi) is 5.41. The van der Waals surface area contributed by atoms with Crippen molar-refractivity contribution in [2.45, 2.75) is 52.2 Å². The largest absolute Gasteiger partial charge is 0.380 e. The minimum Gasteiger partial charge on any atom is -0.380 e. The summed E-state index contributed by atoms with van der Waals surface area (Å²) in [5.74, 6) is 0. The minimum atomic E-state index is 0.574. The third-order valence-electron chi connectivity index (χ3n) is 4.55. The Morgan fingerprint density at radius 3 is 2.63 bits per heavy atom. The smallest absolute Gasteiger partial charge is 0.0713 e. The van der Waals surface area contributed by atoms with E-state index >= 15 is 0 Å². The molecule has 2 rings (SSSR count). The highest BCUT2D eigenvalue weighted by Gasteiger charge is 2.31. The van der Waals surface area contributed by atoms with Crippen LogP contribution in [0.5, 0.6) is 0 Å². The van der Waals surface area contributed by atoms with Gasteiger partial charge in [-0.1, -0.05) is 44.0 Å². The first-order chi connectivity index (χ1) is 9.28. The number of ether oxygens (including phenoxy) is 1. The maximum absolute atomic E-state index is 5.18. The summed E-state index contributed by atoms with van der Waals surface area (Å²) in [4.78, 5) is 0. The SMILES string of the molecule is CCC1(CNCc2cccc(COC)c2)CCCC1. The minimum absolute atomic E-state index is 0.574. The molecule has 0 unspecified atom stereocenters. The van der Waals surface area contributed by atoms with Crippen LogP contribution < -0.4 is 5.32 Å². The maximum atomic E-state index is 5.18. The molecule has 1 aromatic rings. The predicted octanol–water partition coefficient (Wildman–Crippen LogP) is 3.89. The molecule has 0 spiro atoms. The lowest BCUT2D eigenvalue weighted by molar-refractivity contribution is 0.185. The second-order valence-electron chi connectivity index (χ2n) is 5.92. The summed E-state index contributed by atoms with van der Waals surface area (Å²) >= 11 is 0. The van der Waals surface area contributed by atoms with Crippen molar-refractivity contribution in [2.75, 3.05) is 13.7 Å². The number of methoxy groups -OCH3 is 1. The molecule has 1 saturated carbocycles. The van der Waals surface area contributed by atoms with Crippen LogP contribution in [0, 0.1) is 5.41 Å². The molecule has 0 atom stereocenters. The molecule has 1 aromatic carbocycles. The van der Waals surface area contributed by atoms with Crippen LogP contribution in [0.25, 0.3) is 0 Å². The first-order valence-electron chi connectivity index (χ1n) is 7.55. The van der Waals surface area contributed by atoms with E-state index in [9.17, 15) is 0 Å². The fraction of sp³-hybridized carbons (Fsp3) is 0.647. The molecule has 2 heteroatoms. The molecule has 1 aliphatic rings. The number of hydrogen-bond donors (Lipinski definition) is 1. The van der Waals surface area contributed by atoms with Crippen LogP contribution >= 0.6 is 0 Å². The van der Waals surface area contributed by atoms with Gasteiger partial charge in [0.15, 0.2) is 0 Å². The van der Waals surface area contributed by atoms with E-state index in [-0.39, 0.29) is 0 Å². The second kappa shape index (κ2) is 7.06. The van der Waals surface area contributed by atoms with Crippen LogP contribution in [0.1, 0.15) is 50.2 Å². The Balaban J connectivity index is 1.83.